The van der Waals surface area contributed by atoms with E-state index in [1.54, 1.807) is 18.5 Å². The summed E-state index contributed by atoms with van der Waals surface area (Å²) in [6.07, 6.45) is 4.35. The molecule has 19 heavy (non-hydrogen) atoms. The van der Waals surface area contributed by atoms with Crippen LogP contribution in [0.3, 0.4) is 0 Å². The highest BCUT2D eigenvalue weighted by Crippen LogP contribution is 2.22. The second-order valence-corrected chi connectivity index (χ2v) is 5.07. The Morgan fingerprint density at radius 2 is 2.21 bits per heavy atom. The Morgan fingerprint density at radius 3 is 2.89 bits per heavy atom. The SMILES string of the molecule is O=C(O)c1cc(SCCc2cccnc2)ccc1F. The van der Waals surface area contributed by atoms with Crippen molar-refractivity contribution in [1.29, 1.82) is 0 Å². The Balaban J connectivity index is 1.97. The number of carboxylic acid groups (broad SMARTS) is 1. The maximum Gasteiger partial charge on any atom is 0.338 e. The van der Waals surface area contributed by atoms with Gasteiger partial charge >= 0.3 is 5.97 Å². The Bertz CT molecular complexity index is 575. The number of thioether (sulfide) groups is 1. The van der Waals surface area contributed by atoms with Gasteiger partial charge in [-0.3, -0.25) is 4.98 Å². The molecule has 1 heterocycles. The van der Waals surface area contributed by atoms with Crippen LogP contribution in [0.2, 0.25) is 0 Å². The largest absolute Gasteiger partial charge is 0.478 e. The van der Waals surface area contributed by atoms with Gasteiger partial charge in [0.2, 0.25) is 0 Å². The number of benzene rings is 1. The van der Waals surface area contributed by atoms with Gasteiger partial charge in [0.1, 0.15) is 5.82 Å². The minimum atomic E-state index is -1.24. The van der Waals surface area contributed by atoms with E-state index in [4.69, 9.17) is 5.11 Å². The molecule has 5 heteroatoms. The predicted molar refractivity (Wildman–Crippen MR) is 72.0 cm³/mol. The summed E-state index contributed by atoms with van der Waals surface area (Å²) < 4.78 is 13.2. The molecule has 0 atom stereocenters. The normalized spacial score (nSPS) is 10.4. The molecule has 0 fully saturated rings. The number of aromatic carboxylic acids is 1. The number of nitrogens with zero attached hydrogens (tertiary/aromatic N) is 1. The van der Waals surface area contributed by atoms with Crippen molar-refractivity contribution in [1.82, 2.24) is 4.98 Å². The van der Waals surface area contributed by atoms with Gasteiger partial charge in [0.25, 0.3) is 0 Å². The lowest BCUT2D eigenvalue weighted by Crippen LogP contribution is -2.00. The average Bonchev–Trinajstić information content (AvgIpc) is 2.41. The van der Waals surface area contributed by atoms with Gasteiger partial charge in [0, 0.05) is 23.0 Å². The van der Waals surface area contributed by atoms with Crippen molar-refractivity contribution in [3.05, 3.63) is 59.7 Å². The van der Waals surface area contributed by atoms with Gasteiger partial charge in [0.05, 0.1) is 5.56 Å². The smallest absolute Gasteiger partial charge is 0.338 e. The van der Waals surface area contributed by atoms with Crippen LogP contribution in [0.15, 0.2) is 47.6 Å². The molecule has 0 bridgehead atoms. The van der Waals surface area contributed by atoms with Crippen molar-refractivity contribution in [2.24, 2.45) is 0 Å². The van der Waals surface area contributed by atoms with Crippen LogP contribution in [0.25, 0.3) is 0 Å². The molecule has 0 aliphatic rings. The van der Waals surface area contributed by atoms with Gasteiger partial charge in [-0.2, -0.15) is 0 Å². The number of pyridine rings is 1. The minimum absolute atomic E-state index is 0.286. The Kier molecular flexibility index (Phi) is 4.52. The topological polar surface area (TPSA) is 50.2 Å². The fourth-order valence-corrected chi connectivity index (χ4v) is 2.53. The van der Waals surface area contributed by atoms with E-state index >= 15 is 0 Å². The number of hydrogen-bond donors (Lipinski definition) is 1. The van der Waals surface area contributed by atoms with Crippen molar-refractivity contribution in [3.8, 4) is 0 Å². The molecule has 1 aromatic heterocycles. The van der Waals surface area contributed by atoms with Gasteiger partial charge in [-0.1, -0.05) is 6.07 Å². The van der Waals surface area contributed by atoms with E-state index in [1.165, 1.54) is 23.9 Å². The van der Waals surface area contributed by atoms with Crippen LogP contribution >= 0.6 is 11.8 Å². The quantitative estimate of drug-likeness (QED) is 0.852. The number of halogens is 1. The third-order valence-corrected chi connectivity index (χ3v) is 3.55. The molecular formula is C14H12FNO2S. The highest BCUT2D eigenvalue weighted by Gasteiger charge is 2.10. The number of aromatic nitrogens is 1. The van der Waals surface area contributed by atoms with Crippen molar-refractivity contribution >= 4 is 17.7 Å². The molecule has 0 aliphatic heterocycles. The number of rotatable bonds is 5. The zero-order chi connectivity index (χ0) is 13.7. The number of hydrogen-bond acceptors (Lipinski definition) is 3. The molecule has 0 saturated carbocycles. The van der Waals surface area contributed by atoms with Crippen LogP contribution in [-0.2, 0) is 6.42 Å². The minimum Gasteiger partial charge on any atom is -0.478 e. The fourth-order valence-electron chi connectivity index (χ4n) is 1.59. The summed E-state index contributed by atoms with van der Waals surface area (Å²) in [5.74, 6) is -1.16. The molecule has 0 aliphatic carbocycles. The van der Waals surface area contributed by atoms with E-state index in [-0.39, 0.29) is 5.56 Å². The molecule has 0 amide bonds. The lowest BCUT2D eigenvalue weighted by Gasteiger charge is -2.04. The van der Waals surface area contributed by atoms with Crippen LogP contribution in [0.1, 0.15) is 15.9 Å². The first-order chi connectivity index (χ1) is 9.16. The summed E-state index contributed by atoms with van der Waals surface area (Å²) in [5.41, 5.74) is 0.835. The highest BCUT2D eigenvalue weighted by atomic mass is 32.2. The van der Waals surface area contributed by atoms with Gasteiger partial charge in [-0.05, 0) is 36.2 Å². The Hall–Kier alpha value is -1.88. The summed E-state index contributed by atoms with van der Waals surface area (Å²) >= 11 is 1.50. The van der Waals surface area contributed by atoms with Crippen LogP contribution in [-0.4, -0.2) is 21.8 Å². The van der Waals surface area contributed by atoms with Gasteiger partial charge in [0.15, 0.2) is 0 Å². The fraction of sp³-hybridized carbons (Fsp3) is 0.143. The molecule has 0 radical (unpaired) electrons. The van der Waals surface area contributed by atoms with E-state index in [1.807, 2.05) is 12.1 Å². The van der Waals surface area contributed by atoms with E-state index in [9.17, 15) is 9.18 Å². The third kappa shape index (κ3) is 3.79. The molecule has 1 aromatic carbocycles. The second-order valence-electron chi connectivity index (χ2n) is 3.91. The van der Waals surface area contributed by atoms with Crippen molar-refractivity contribution < 1.29 is 14.3 Å². The maximum absolute atomic E-state index is 13.2. The molecule has 1 N–H and O–H groups in total. The standard InChI is InChI=1S/C14H12FNO2S/c15-13-4-3-11(8-12(13)14(17)18)19-7-5-10-2-1-6-16-9-10/h1-4,6,8-9H,5,7H2,(H,17,18). The van der Waals surface area contributed by atoms with Crippen LogP contribution in [0, 0.1) is 5.82 Å². The molecule has 98 valence electrons. The molecular weight excluding hydrogens is 265 g/mol. The van der Waals surface area contributed by atoms with E-state index < -0.39 is 11.8 Å². The van der Waals surface area contributed by atoms with Crippen LogP contribution in [0.5, 0.6) is 0 Å². The first-order valence-corrected chi connectivity index (χ1v) is 6.70. The zero-order valence-corrected chi connectivity index (χ0v) is 10.9. The van der Waals surface area contributed by atoms with Gasteiger partial charge in [-0.25, -0.2) is 9.18 Å². The molecule has 0 saturated heterocycles. The van der Waals surface area contributed by atoms with E-state index in [2.05, 4.69) is 4.98 Å². The van der Waals surface area contributed by atoms with Crippen molar-refractivity contribution in [2.75, 3.05) is 5.75 Å². The predicted octanol–water partition coefficient (Wildman–Crippen LogP) is 3.25. The number of carbonyl (C=O) groups is 1. The Labute approximate surface area is 114 Å². The first kappa shape index (κ1) is 13.5. The molecule has 2 rings (SSSR count). The Morgan fingerprint density at radius 1 is 1.37 bits per heavy atom. The summed E-state index contributed by atoms with van der Waals surface area (Å²) in [4.78, 5) is 15.6. The molecule has 0 spiro atoms. The van der Waals surface area contributed by atoms with Crippen LogP contribution in [0.4, 0.5) is 4.39 Å². The lowest BCUT2D eigenvalue weighted by atomic mass is 10.2. The van der Waals surface area contributed by atoms with Gasteiger partial charge in [-0.15, -0.1) is 11.8 Å². The van der Waals surface area contributed by atoms with Crippen molar-refractivity contribution in [3.63, 3.8) is 0 Å². The summed E-state index contributed by atoms with van der Waals surface area (Å²) in [6.45, 7) is 0. The van der Waals surface area contributed by atoms with E-state index in [0.717, 1.165) is 22.6 Å². The lowest BCUT2D eigenvalue weighted by molar-refractivity contribution is 0.0691. The summed E-state index contributed by atoms with van der Waals surface area (Å²) in [6, 6.07) is 8.01. The maximum atomic E-state index is 13.2. The molecule has 2 aromatic rings. The third-order valence-electron chi connectivity index (χ3n) is 2.55. The highest BCUT2D eigenvalue weighted by molar-refractivity contribution is 7.99. The van der Waals surface area contributed by atoms with Crippen LogP contribution < -0.4 is 0 Å². The number of aryl methyl sites for hydroxylation is 1. The summed E-state index contributed by atoms with van der Waals surface area (Å²) in [5, 5.41) is 8.84. The monoisotopic (exact) mass is 277 g/mol. The molecule has 0 unspecified atom stereocenters. The average molecular weight is 277 g/mol. The van der Waals surface area contributed by atoms with E-state index in [0.29, 0.717) is 0 Å². The second kappa shape index (κ2) is 6.33. The number of carboxylic acids is 1. The zero-order valence-electron chi connectivity index (χ0n) is 10.0. The molecule has 3 nitrogen and oxygen atoms in total. The van der Waals surface area contributed by atoms with Crippen molar-refractivity contribution in [2.45, 2.75) is 11.3 Å². The summed E-state index contributed by atoms with van der Waals surface area (Å²) in [7, 11) is 0. The first-order valence-electron chi connectivity index (χ1n) is 5.71. The van der Waals surface area contributed by atoms with Gasteiger partial charge < -0.3 is 5.11 Å².